The fourth-order valence-electron chi connectivity index (χ4n) is 0. The van der Waals surface area contributed by atoms with Gasteiger partial charge in [0.15, 0.2) is 0 Å². The van der Waals surface area contributed by atoms with Crippen LogP contribution in [0.25, 0.3) is 0 Å². The Labute approximate surface area is 89.6 Å². The Bertz CT molecular complexity index is 213. The van der Waals surface area contributed by atoms with Gasteiger partial charge >= 0.3 is 33.9 Å². The fourth-order valence-corrected chi connectivity index (χ4v) is 0. The summed E-state index contributed by atoms with van der Waals surface area (Å²) in [6, 6.07) is 0. The van der Waals surface area contributed by atoms with Crippen molar-refractivity contribution in [2.24, 2.45) is 0 Å². The Morgan fingerprint density at radius 3 is 0.667 bits per heavy atom. The van der Waals surface area contributed by atoms with E-state index in [2.05, 4.69) is 0 Å². The average Bonchev–Trinajstić information content (AvgIpc) is 1.12. The van der Waals surface area contributed by atoms with E-state index in [1.54, 1.807) is 0 Å². The van der Waals surface area contributed by atoms with Gasteiger partial charge in [-0.15, -0.1) is 0 Å². The molecule has 0 rings (SSSR count). The molecule has 0 aromatic carbocycles. The summed E-state index contributed by atoms with van der Waals surface area (Å²) in [5.41, 5.74) is 0. The van der Waals surface area contributed by atoms with E-state index in [0.29, 0.717) is 0 Å². The van der Waals surface area contributed by atoms with Crippen molar-refractivity contribution >= 4 is 38.2 Å². The molecule has 0 N–H and O–H groups in total. The van der Waals surface area contributed by atoms with Crippen molar-refractivity contribution in [3.8, 4) is 0 Å². The van der Waals surface area contributed by atoms with Crippen LogP contribution in [0.3, 0.4) is 0 Å². The summed E-state index contributed by atoms with van der Waals surface area (Å²) < 4.78 is 68.2. The fraction of sp³-hybridized carbons (Fsp3) is 0. The van der Waals surface area contributed by atoms with E-state index in [9.17, 15) is 0 Å². The van der Waals surface area contributed by atoms with Gasteiger partial charge in [0, 0.05) is 20.8 Å². The minimum absolute atomic E-state index is 0. The third kappa shape index (κ3) is 1750. The zero-order valence-corrected chi connectivity index (χ0v) is 8.75. The van der Waals surface area contributed by atoms with Crippen LogP contribution in [0.4, 0.5) is 0 Å². The molecule has 0 unspecified atom stereocenters. The summed E-state index contributed by atoms with van der Waals surface area (Å²) in [6.07, 6.45) is 0. The van der Waals surface area contributed by atoms with E-state index in [0.717, 1.165) is 0 Å². The van der Waals surface area contributed by atoms with Crippen LogP contribution in [0.15, 0.2) is 0 Å². The average molecular weight is 278 g/mol. The van der Waals surface area contributed by atoms with E-state index in [1.165, 1.54) is 0 Å². The van der Waals surface area contributed by atoms with Crippen molar-refractivity contribution in [2.45, 2.75) is 0 Å². The quantitative estimate of drug-likeness (QED) is 0.256. The van der Waals surface area contributed by atoms with Crippen molar-refractivity contribution in [3.63, 3.8) is 0 Å². The van der Waals surface area contributed by atoms with Crippen molar-refractivity contribution in [1.29, 1.82) is 0 Å². The largest absolute Gasteiger partial charge is 3.00 e. The zero-order chi connectivity index (χ0) is 9.00. The molecule has 0 radical (unpaired) electrons. The standard InChI is InChI=1S/Al.Ni.2H2O4S/c;;2*1-5(2,3)4/h;;2*(H2,1,2,3,4)/q+3;+2;;/p-4. The Hall–Kier alpha value is 0.766. The summed E-state index contributed by atoms with van der Waals surface area (Å²) in [5, 5.41) is 0. The Balaban J connectivity index is -0.0000000457. The molecule has 0 saturated heterocycles. The van der Waals surface area contributed by atoms with Gasteiger partial charge in [-0.3, -0.25) is 16.8 Å². The van der Waals surface area contributed by atoms with Crippen molar-refractivity contribution in [3.05, 3.63) is 0 Å². The predicted octanol–water partition coefficient (Wildman–Crippen LogP) is -3.06. The van der Waals surface area contributed by atoms with Crippen LogP contribution in [0.1, 0.15) is 0 Å². The first-order valence-corrected chi connectivity index (χ1v) is 4.00. The maximum absolute atomic E-state index is 8.52. The number of hydrogen-bond acceptors (Lipinski definition) is 8. The third-order valence-electron chi connectivity index (χ3n) is 0. The second kappa shape index (κ2) is 8.37. The van der Waals surface area contributed by atoms with Crippen LogP contribution in [0.5, 0.6) is 0 Å². The summed E-state index contributed by atoms with van der Waals surface area (Å²) in [5.74, 6) is 0. The Morgan fingerprint density at radius 1 is 0.667 bits per heavy atom. The van der Waals surface area contributed by atoms with E-state index in [-0.39, 0.29) is 33.9 Å². The molecule has 0 aliphatic rings. The molecule has 0 heterocycles. The first-order valence-electron chi connectivity index (χ1n) is 1.33. The normalized spacial score (nSPS) is 9.67. The van der Waals surface area contributed by atoms with E-state index < -0.39 is 20.8 Å². The minimum atomic E-state index is -5.17. The molecule has 12 heavy (non-hydrogen) atoms. The minimum Gasteiger partial charge on any atom is -0.759 e. The second-order valence-corrected chi connectivity index (χ2v) is 2.45. The van der Waals surface area contributed by atoms with Gasteiger partial charge in [-0.1, -0.05) is 0 Å². The van der Waals surface area contributed by atoms with E-state index in [1.807, 2.05) is 0 Å². The summed E-state index contributed by atoms with van der Waals surface area (Å²) in [4.78, 5) is 0. The molecule has 72 valence electrons. The summed E-state index contributed by atoms with van der Waals surface area (Å²) >= 11 is 0. The van der Waals surface area contributed by atoms with Crippen LogP contribution in [0.2, 0.25) is 0 Å². The maximum atomic E-state index is 8.52. The maximum Gasteiger partial charge on any atom is 3.00 e. The molecule has 0 spiro atoms. The molecule has 0 aliphatic heterocycles. The van der Waals surface area contributed by atoms with Gasteiger partial charge in [0.05, 0.1) is 0 Å². The number of hydrogen-bond donors (Lipinski definition) is 0. The number of rotatable bonds is 0. The van der Waals surface area contributed by atoms with Gasteiger partial charge in [0.2, 0.25) is 0 Å². The van der Waals surface area contributed by atoms with E-state index >= 15 is 0 Å². The molecule has 12 heteroatoms. The van der Waals surface area contributed by atoms with Crippen LogP contribution >= 0.6 is 0 Å². The molecule has 0 aromatic heterocycles. The SMILES string of the molecule is O=S(=O)([O-])[O-].O=S(=O)([O-])[O-].[Al+3].[Ni+2]. The monoisotopic (exact) mass is 277 g/mol. The van der Waals surface area contributed by atoms with Crippen LogP contribution in [-0.4, -0.2) is 52.4 Å². The van der Waals surface area contributed by atoms with Gasteiger partial charge < -0.3 is 18.2 Å². The zero-order valence-electron chi connectivity index (χ0n) is 4.98. The molecular weight excluding hydrogens is 278 g/mol. The molecular formula is AlNiO8S2+. The Morgan fingerprint density at radius 2 is 0.667 bits per heavy atom. The molecule has 0 bridgehead atoms. The molecule has 0 aliphatic carbocycles. The van der Waals surface area contributed by atoms with Crippen molar-refractivity contribution in [1.82, 2.24) is 0 Å². The van der Waals surface area contributed by atoms with Gasteiger partial charge in [-0.25, -0.2) is 0 Å². The summed E-state index contributed by atoms with van der Waals surface area (Å²) in [6.45, 7) is 0. The van der Waals surface area contributed by atoms with E-state index in [4.69, 9.17) is 35.0 Å². The van der Waals surface area contributed by atoms with Gasteiger partial charge in [-0.2, -0.15) is 0 Å². The van der Waals surface area contributed by atoms with Crippen molar-refractivity contribution < 1.29 is 51.5 Å². The first kappa shape index (κ1) is 23.0. The smallest absolute Gasteiger partial charge is 0.759 e. The molecule has 0 saturated carbocycles. The van der Waals surface area contributed by atoms with Gasteiger partial charge in [-0.05, 0) is 0 Å². The Kier molecular flexibility index (Phi) is 16.0. The molecule has 0 aromatic rings. The van der Waals surface area contributed by atoms with Crippen molar-refractivity contribution in [2.75, 3.05) is 0 Å². The summed E-state index contributed by atoms with van der Waals surface area (Å²) in [7, 11) is -10.3. The molecule has 0 amide bonds. The van der Waals surface area contributed by atoms with Gasteiger partial charge in [0.1, 0.15) is 0 Å². The second-order valence-electron chi connectivity index (χ2n) is 0.816. The van der Waals surface area contributed by atoms with Crippen LogP contribution in [0, 0.1) is 0 Å². The van der Waals surface area contributed by atoms with Crippen LogP contribution < -0.4 is 0 Å². The first-order chi connectivity index (χ1) is 4.00. The molecule has 8 nitrogen and oxygen atoms in total. The topological polar surface area (TPSA) is 161 Å². The van der Waals surface area contributed by atoms with Gasteiger partial charge in [0.25, 0.3) is 0 Å². The van der Waals surface area contributed by atoms with Crippen LogP contribution in [-0.2, 0) is 37.3 Å². The third-order valence-corrected chi connectivity index (χ3v) is 0. The predicted molar refractivity (Wildman–Crippen MR) is 26.7 cm³/mol. The molecule has 0 atom stereocenters. The molecule has 0 fully saturated rings.